The Morgan fingerprint density at radius 1 is 0.921 bits per heavy atom. The molecule has 200 valence electrons. The van der Waals surface area contributed by atoms with E-state index >= 15 is 0 Å². The fourth-order valence-electron chi connectivity index (χ4n) is 4.71. The third-order valence-corrected chi connectivity index (χ3v) is 7.41. The van der Waals surface area contributed by atoms with E-state index in [9.17, 15) is 9.59 Å². The van der Waals surface area contributed by atoms with Gasteiger partial charge in [0.25, 0.3) is 11.8 Å². The first-order valence-electron chi connectivity index (χ1n) is 12.4. The van der Waals surface area contributed by atoms with E-state index in [4.69, 9.17) is 38.4 Å². The number of nitrogens with zero attached hydrogens (tertiary/aromatic N) is 1. The maximum absolute atomic E-state index is 13.9. The number of ether oxygens (including phenoxy) is 2. The Kier molecular flexibility index (Phi) is 9.15. The Morgan fingerprint density at radius 3 is 2.34 bits per heavy atom. The van der Waals surface area contributed by atoms with Crippen molar-refractivity contribution >= 4 is 40.7 Å². The van der Waals surface area contributed by atoms with Crippen LogP contribution in [0.3, 0.4) is 0 Å². The molecule has 38 heavy (non-hydrogen) atoms. The molecule has 2 amide bonds. The molecule has 0 radical (unpaired) electrons. The van der Waals surface area contributed by atoms with Crippen molar-refractivity contribution in [3.63, 3.8) is 0 Å². The maximum atomic E-state index is 13.9. The van der Waals surface area contributed by atoms with Crippen LogP contribution in [-0.4, -0.2) is 43.0 Å². The summed E-state index contributed by atoms with van der Waals surface area (Å²) in [4.78, 5) is 28.5. The van der Waals surface area contributed by atoms with Crippen molar-refractivity contribution in [2.75, 3.05) is 19.5 Å². The highest BCUT2D eigenvalue weighted by atomic mass is 35.5. The molecule has 3 N–H and O–H groups in total. The quantitative estimate of drug-likeness (QED) is 0.346. The average Bonchev–Trinajstić information content (AvgIpc) is 2.93. The minimum Gasteiger partial charge on any atom is -0.493 e. The van der Waals surface area contributed by atoms with E-state index in [-0.39, 0.29) is 30.4 Å². The van der Waals surface area contributed by atoms with Gasteiger partial charge in [0, 0.05) is 45.5 Å². The van der Waals surface area contributed by atoms with Gasteiger partial charge in [-0.2, -0.15) is 0 Å². The molecule has 9 heteroatoms. The number of rotatable bonds is 8. The van der Waals surface area contributed by atoms with Crippen LogP contribution in [0, 0.1) is 0 Å². The Bertz CT molecular complexity index is 1310. The van der Waals surface area contributed by atoms with Crippen molar-refractivity contribution in [3.05, 3.63) is 87.4 Å². The molecule has 1 saturated carbocycles. The molecule has 3 aromatic rings. The highest BCUT2D eigenvalue weighted by Gasteiger charge is 2.29. The molecule has 0 bridgehead atoms. The van der Waals surface area contributed by atoms with E-state index in [2.05, 4.69) is 5.32 Å². The van der Waals surface area contributed by atoms with Crippen LogP contribution in [0.5, 0.6) is 11.5 Å². The van der Waals surface area contributed by atoms with E-state index in [1.807, 2.05) is 4.90 Å². The van der Waals surface area contributed by atoms with Crippen molar-refractivity contribution in [1.29, 1.82) is 0 Å². The Labute approximate surface area is 232 Å². The highest BCUT2D eigenvalue weighted by Crippen LogP contribution is 2.32. The number of benzene rings is 3. The van der Waals surface area contributed by atoms with Gasteiger partial charge < -0.3 is 25.4 Å². The van der Waals surface area contributed by atoms with Crippen LogP contribution in [0.2, 0.25) is 10.0 Å². The molecular formula is C29H31Cl2N3O4. The number of methoxy groups -OCH3 is 2. The first-order chi connectivity index (χ1) is 18.3. The number of carbonyl (C=O) groups excluding carboxylic acids is 2. The largest absolute Gasteiger partial charge is 0.493 e. The predicted octanol–water partition coefficient (Wildman–Crippen LogP) is 6.18. The molecule has 0 spiro atoms. The van der Waals surface area contributed by atoms with Crippen molar-refractivity contribution in [3.8, 4) is 11.5 Å². The summed E-state index contributed by atoms with van der Waals surface area (Å²) in [6.45, 7) is 0.271. The lowest BCUT2D eigenvalue weighted by Gasteiger charge is -2.36. The van der Waals surface area contributed by atoms with E-state index < -0.39 is 0 Å². The number of carbonyl (C=O) groups is 2. The fourth-order valence-corrected chi connectivity index (χ4v) is 5.07. The van der Waals surface area contributed by atoms with Crippen molar-refractivity contribution in [2.45, 2.75) is 44.3 Å². The second-order valence-electron chi connectivity index (χ2n) is 9.34. The summed E-state index contributed by atoms with van der Waals surface area (Å²) in [5.74, 6) is 0.592. The molecule has 3 aromatic carbocycles. The zero-order valence-corrected chi connectivity index (χ0v) is 22.9. The minimum atomic E-state index is -0.291. The van der Waals surface area contributed by atoms with Crippen LogP contribution in [0.1, 0.15) is 52.0 Å². The van der Waals surface area contributed by atoms with Gasteiger partial charge in [0.1, 0.15) is 0 Å². The second kappa shape index (κ2) is 12.5. The van der Waals surface area contributed by atoms with E-state index in [1.165, 1.54) is 7.11 Å². The maximum Gasteiger partial charge on any atom is 0.255 e. The summed E-state index contributed by atoms with van der Waals surface area (Å²) in [7, 11) is 3.09. The van der Waals surface area contributed by atoms with Crippen molar-refractivity contribution in [1.82, 2.24) is 4.90 Å². The normalized spacial score (nSPS) is 17.0. The van der Waals surface area contributed by atoms with E-state index in [1.54, 1.807) is 67.8 Å². The highest BCUT2D eigenvalue weighted by molar-refractivity contribution is 6.31. The summed E-state index contributed by atoms with van der Waals surface area (Å²) < 4.78 is 10.7. The molecule has 0 unspecified atom stereocenters. The van der Waals surface area contributed by atoms with Crippen LogP contribution in [-0.2, 0) is 6.54 Å². The molecule has 0 aliphatic heterocycles. The molecule has 1 aliphatic rings. The molecule has 1 aliphatic carbocycles. The minimum absolute atomic E-state index is 0.00355. The second-order valence-corrected chi connectivity index (χ2v) is 10.2. The number of halogens is 2. The summed E-state index contributed by atoms with van der Waals surface area (Å²) in [5.41, 5.74) is 8.37. The molecular weight excluding hydrogens is 525 g/mol. The third-order valence-electron chi connectivity index (χ3n) is 6.80. The number of anilines is 1. The smallest absolute Gasteiger partial charge is 0.255 e. The summed E-state index contributed by atoms with van der Waals surface area (Å²) in [6, 6.07) is 17.2. The van der Waals surface area contributed by atoms with Gasteiger partial charge in [-0.15, -0.1) is 0 Å². The lowest BCUT2D eigenvalue weighted by molar-refractivity contribution is 0.0606. The van der Waals surface area contributed by atoms with Crippen LogP contribution in [0.4, 0.5) is 5.69 Å². The Morgan fingerprint density at radius 2 is 1.66 bits per heavy atom. The third kappa shape index (κ3) is 6.59. The van der Waals surface area contributed by atoms with Crippen LogP contribution in [0.15, 0.2) is 60.7 Å². The fraction of sp³-hybridized carbons (Fsp3) is 0.310. The molecule has 0 atom stereocenters. The van der Waals surface area contributed by atoms with Gasteiger partial charge >= 0.3 is 0 Å². The number of hydrogen-bond donors (Lipinski definition) is 2. The van der Waals surface area contributed by atoms with E-state index in [0.717, 1.165) is 31.2 Å². The number of nitrogens with one attached hydrogen (secondary N) is 1. The van der Waals surface area contributed by atoms with Crippen LogP contribution < -0.4 is 20.5 Å². The van der Waals surface area contributed by atoms with Crippen LogP contribution >= 0.6 is 23.2 Å². The molecule has 7 nitrogen and oxygen atoms in total. The first-order valence-corrected chi connectivity index (χ1v) is 13.2. The predicted molar refractivity (Wildman–Crippen MR) is 151 cm³/mol. The van der Waals surface area contributed by atoms with E-state index in [0.29, 0.717) is 38.4 Å². The van der Waals surface area contributed by atoms with Gasteiger partial charge in [-0.25, -0.2) is 0 Å². The lowest BCUT2D eigenvalue weighted by Crippen LogP contribution is -2.44. The number of amides is 2. The molecule has 0 saturated heterocycles. The Hall–Kier alpha value is -3.26. The summed E-state index contributed by atoms with van der Waals surface area (Å²) in [5, 5.41) is 3.87. The average molecular weight is 556 g/mol. The van der Waals surface area contributed by atoms with Crippen LogP contribution in [0.25, 0.3) is 0 Å². The van der Waals surface area contributed by atoms with Crippen molar-refractivity contribution < 1.29 is 19.1 Å². The zero-order chi connectivity index (χ0) is 27.2. The number of hydrogen-bond acceptors (Lipinski definition) is 5. The monoisotopic (exact) mass is 555 g/mol. The molecule has 1 fully saturated rings. The standard InChI is InChI=1S/C29H31Cl2N3O4/c1-37-26-13-6-19(16-27(26)38-2)29(36)34(24-10-7-22(32)8-11-24)17-20-15-23(9-12-25(20)31)33-28(35)18-4-3-5-21(30)14-18/h3-6,9,12-16,22,24H,7-8,10-11,17,32H2,1-2H3,(H,33,35). The lowest BCUT2D eigenvalue weighted by atomic mass is 9.90. The van der Waals surface area contributed by atoms with Gasteiger partial charge in [0.05, 0.1) is 14.2 Å². The van der Waals surface area contributed by atoms with Gasteiger partial charge in [-0.3, -0.25) is 9.59 Å². The SMILES string of the molecule is COc1ccc(C(=O)N(Cc2cc(NC(=O)c3cccc(Cl)c3)ccc2Cl)C2CCC(N)CC2)cc1OC. The zero-order valence-electron chi connectivity index (χ0n) is 21.4. The van der Waals surface area contributed by atoms with Gasteiger partial charge in [0.2, 0.25) is 0 Å². The molecule has 4 rings (SSSR count). The van der Waals surface area contributed by atoms with Gasteiger partial charge in [0.15, 0.2) is 11.5 Å². The number of nitrogens with two attached hydrogens (primary N) is 1. The molecule has 0 heterocycles. The van der Waals surface area contributed by atoms with Crippen molar-refractivity contribution in [2.24, 2.45) is 5.73 Å². The Balaban J connectivity index is 1.62. The first kappa shape index (κ1) is 27.8. The summed E-state index contributed by atoms with van der Waals surface area (Å²) in [6.07, 6.45) is 3.26. The summed E-state index contributed by atoms with van der Waals surface area (Å²) >= 11 is 12.6. The van der Waals surface area contributed by atoms with Gasteiger partial charge in [-0.1, -0.05) is 29.3 Å². The molecule has 0 aromatic heterocycles. The topological polar surface area (TPSA) is 93.9 Å². The van der Waals surface area contributed by atoms with Gasteiger partial charge in [-0.05, 0) is 85.8 Å².